The molecule has 2 heteroatoms. The van der Waals surface area contributed by atoms with Crippen molar-refractivity contribution < 1.29 is 0 Å². The fourth-order valence-corrected chi connectivity index (χ4v) is 2.46. The number of rotatable bonds is 4. The lowest BCUT2D eigenvalue weighted by Crippen LogP contribution is -2.42. The molecule has 2 atom stereocenters. The van der Waals surface area contributed by atoms with Crippen molar-refractivity contribution >= 4 is 0 Å². The highest BCUT2D eigenvalue weighted by Gasteiger charge is 2.25. The molecule has 1 aromatic carbocycles. The molecule has 0 saturated heterocycles. The minimum atomic E-state index is 0.0772. The van der Waals surface area contributed by atoms with Crippen LogP contribution in [0.15, 0.2) is 18.2 Å². The third-order valence-corrected chi connectivity index (χ3v) is 4.07. The van der Waals surface area contributed by atoms with Crippen LogP contribution in [0, 0.1) is 19.3 Å². The number of nitrogens with zero attached hydrogens (tertiary/aromatic N) is 1. The van der Waals surface area contributed by atoms with Crippen molar-refractivity contribution in [2.24, 2.45) is 11.1 Å². The van der Waals surface area contributed by atoms with Crippen molar-refractivity contribution in [3.05, 3.63) is 34.9 Å². The summed E-state index contributed by atoms with van der Waals surface area (Å²) in [7, 11) is 2.17. The smallest absolute Gasteiger partial charge is 0.0424 e. The van der Waals surface area contributed by atoms with Crippen molar-refractivity contribution in [2.75, 3.05) is 13.6 Å². The molecule has 0 bridgehead atoms. The van der Waals surface area contributed by atoms with E-state index in [4.69, 9.17) is 5.73 Å². The summed E-state index contributed by atoms with van der Waals surface area (Å²) < 4.78 is 0. The van der Waals surface area contributed by atoms with Crippen LogP contribution >= 0.6 is 0 Å². The van der Waals surface area contributed by atoms with E-state index in [9.17, 15) is 0 Å². The Morgan fingerprint density at radius 1 is 1.11 bits per heavy atom. The third kappa shape index (κ3) is 4.63. The Labute approximate surface area is 119 Å². The van der Waals surface area contributed by atoms with Gasteiger partial charge in [0.15, 0.2) is 0 Å². The first kappa shape index (κ1) is 16.2. The Bertz CT molecular complexity index is 398. The Balaban J connectivity index is 2.76. The molecule has 1 aromatic rings. The van der Waals surface area contributed by atoms with Gasteiger partial charge in [0.2, 0.25) is 0 Å². The Morgan fingerprint density at radius 2 is 1.58 bits per heavy atom. The van der Waals surface area contributed by atoms with E-state index >= 15 is 0 Å². The summed E-state index contributed by atoms with van der Waals surface area (Å²) in [6, 6.07) is 7.18. The molecule has 0 aliphatic heterocycles. The van der Waals surface area contributed by atoms with Gasteiger partial charge in [-0.1, -0.05) is 50.1 Å². The minimum absolute atomic E-state index is 0.0772. The number of benzene rings is 1. The third-order valence-electron chi connectivity index (χ3n) is 4.07. The first-order valence-electron chi connectivity index (χ1n) is 7.15. The number of hydrogen-bond acceptors (Lipinski definition) is 2. The molecule has 19 heavy (non-hydrogen) atoms. The maximum absolute atomic E-state index is 6.37. The van der Waals surface area contributed by atoms with E-state index in [0.717, 1.165) is 6.54 Å². The van der Waals surface area contributed by atoms with Crippen LogP contribution < -0.4 is 5.73 Å². The van der Waals surface area contributed by atoms with Crippen LogP contribution in [0.25, 0.3) is 0 Å². The van der Waals surface area contributed by atoms with E-state index in [1.807, 2.05) is 0 Å². The molecule has 108 valence electrons. The van der Waals surface area contributed by atoms with Crippen molar-refractivity contribution in [1.29, 1.82) is 0 Å². The molecule has 0 heterocycles. The quantitative estimate of drug-likeness (QED) is 0.897. The standard InChI is InChI=1S/C17H30N2/c1-12-8-13(2)10-15(9-12)16(18)11-19(7)14(3)17(4,5)6/h8-10,14,16H,11,18H2,1-7H3. The highest BCUT2D eigenvalue weighted by Crippen LogP contribution is 2.24. The maximum atomic E-state index is 6.37. The lowest BCUT2D eigenvalue weighted by Gasteiger charge is -2.36. The molecule has 0 saturated carbocycles. The van der Waals surface area contributed by atoms with Crippen LogP contribution in [0.3, 0.4) is 0 Å². The second-order valence-electron chi connectivity index (χ2n) is 7.01. The van der Waals surface area contributed by atoms with E-state index in [0.29, 0.717) is 6.04 Å². The summed E-state index contributed by atoms with van der Waals surface area (Å²) in [5.41, 5.74) is 10.5. The van der Waals surface area contributed by atoms with Gasteiger partial charge in [0.25, 0.3) is 0 Å². The van der Waals surface area contributed by atoms with Crippen LogP contribution in [0.2, 0.25) is 0 Å². The predicted molar refractivity (Wildman–Crippen MR) is 84.4 cm³/mol. The van der Waals surface area contributed by atoms with Crippen LogP contribution in [0.4, 0.5) is 0 Å². The zero-order valence-corrected chi connectivity index (χ0v) is 13.6. The summed E-state index contributed by atoms with van der Waals surface area (Å²) >= 11 is 0. The van der Waals surface area contributed by atoms with E-state index in [2.05, 4.69) is 71.7 Å². The topological polar surface area (TPSA) is 29.3 Å². The number of aryl methyl sites for hydroxylation is 2. The molecule has 0 aromatic heterocycles. The Kier molecular flexibility index (Phi) is 5.17. The first-order chi connectivity index (χ1) is 8.61. The minimum Gasteiger partial charge on any atom is -0.323 e. The molecule has 1 rings (SSSR count). The first-order valence-corrected chi connectivity index (χ1v) is 7.15. The summed E-state index contributed by atoms with van der Waals surface area (Å²) in [6.07, 6.45) is 0. The van der Waals surface area contributed by atoms with Crippen molar-refractivity contribution in [3.8, 4) is 0 Å². The highest BCUT2D eigenvalue weighted by atomic mass is 15.1. The normalized spacial score (nSPS) is 15.6. The maximum Gasteiger partial charge on any atom is 0.0424 e. The lowest BCUT2D eigenvalue weighted by atomic mass is 9.87. The molecule has 0 amide bonds. The van der Waals surface area contributed by atoms with Gasteiger partial charge in [0.1, 0.15) is 0 Å². The van der Waals surface area contributed by atoms with Gasteiger partial charge in [0, 0.05) is 18.6 Å². The van der Waals surface area contributed by atoms with Crippen LogP contribution in [0.5, 0.6) is 0 Å². The van der Waals surface area contributed by atoms with Crippen molar-refractivity contribution in [2.45, 2.75) is 53.6 Å². The largest absolute Gasteiger partial charge is 0.323 e. The van der Waals surface area contributed by atoms with E-state index in [-0.39, 0.29) is 11.5 Å². The average Bonchev–Trinajstić information content (AvgIpc) is 2.25. The molecular formula is C17H30N2. The highest BCUT2D eigenvalue weighted by molar-refractivity contribution is 5.30. The second kappa shape index (κ2) is 6.06. The van der Waals surface area contributed by atoms with E-state index < -0.39 is 0 Å². The van der Waals surface area contributed by atoms with E-state index in [1.54, 1.807) is 0 Å². The SMILES string of the molecule is Cc1cc(C)cc(C(N)CN(C)C(C)C(C)(C)C)c1. The molecule has 0 fully saturated rings. The summed E-state index contributed by atoms with van der Waals surface area (Å²) in [5, 5.41) is 0. The van der Waals surface area contributed by atoms with Gasteiger partial charge in [-0.25, -0.2) is 0 Å². The van der Waals surface area contributed by atoms with Gasteiger partial charge in [0.05, 0.1) is 0 Å². The molecule has 2 unspecified atom stereocenters. The number of likely N-dealkylation sites (N-methyl/N-ethyl adjacent to an activating group) is 1. The Hall–Kier alpha value is -0.860. The van der Waals surface area contributed by atoms with Crippen LogP contribution in [0.1, 0.15) is 50.4 Å². The fraction of sp³-hybridized carbons (Fsp3) is 0.647. The number of hydrogen-bond donors (Lipinski definition) is 1. The summed E-state index contributed by atoms with van der Waals surface area (Å²) in [6.45, 7) is 14.2. The summed E-state index contributed by atoms with van der Waals surface area (Å²) in [5.74, 6) is 0. The molecule has 0 radical (unpaired) electrons. The van der Waals surface area contributed by atoms with E-state index in [1.165, 1.54) is 16.7 Å². The van der Waals surface area contributed by atoms with Gasteiger partial charge in [-0.3, -0.25) is 0 Å². The molecule has 0 aliphatic carbocycles. The second-order valence-corrected chi connectivity index (χ2v) is 7.01. The zero-order chi connectivity index (χ0) is 14.8. The molecular weight excluding hydrogens is 232 g/mol. The van der Waals surface area contributed by atoms with Gasteiger partial charge >= 0.3 is 0 Å². The van der Waals surface area contributed by atoms with Crippen molar-refractivity contribution in [1.82, 2.24) is 4.90 Å². The zero-order valence-electron chi connectivity index (χ0n) is 13.6. The monoisotopic (exact) mass is 262 g/mol. The summed E-state index contributed by atoms with van der Waals surface area (Å²) in [4.78, 5) is 2.36. The van der Waals surface area contributed by atoms with Crippen LogP contribution in [-0.4, -0.2) is 24.5 Å². The number of nitrogens with two attached hydrogens (primary N) is 1. The lowest BCUT2D eigenvalue weighted by molar-refractivity contribution is 0.134. The van der Waals surface area contributed by atoms with Crippen LogP contribution in [-0.2, 0) is 0 Å². The van der Waals surface area contributed by atoms with Gasteiger partial charge in [-0.15, -0.1) is 0 Å². The van der Waals surface area contributed by atoms with Gasteiger partial charge in [-0.05, 0) is 38.8 Å². The molecule has 2 nitrogen and oxygen atoms in total. The van der Waals surface area contributed by atoms with Crippen molar-refractivity contribution in [3.63, 3.8) is 0 Å². The molecule has 0 aliphatic rings. The fourth-order valence-electron chi connectivity index (χ4n) is 2.46. The average molecular weight is 262 g/mol. The van der Waals surface area contributed by atoms with Gasteiger partial charge < -0.3 is 10.6 Å². The molecule has 0 spiro atoms. The predicted octanol–water partition coefficient (Wildman–Crippen LogP) is 3.67. The van der Waals surface area contributed by atoms with Gasteiger partial charge in [-0.2, -0.15) is 0 Å². The molecule has 2 N–H and O–H groups in total. The Morgan fingerprint density at radius 3 is 2.00 bits per heavy atom.